The van der Waals surface area contributed by atoms with Gasteiger partial charge in [0.05, 0.1) is 7.11 Å². The molecule has 0 radical (unpaired) electrons. The van der Waals surface area contributed by atoms with Crippen molar-refractivity contribution in [2.75, 3.05) is 14.2 Å². The summed E-state index contributed by atoms with van der Waals surface area (Å²) in [5.74, 6) is 0.939. The molecule has 6 heteroatoms. The van der Waals surface area contributed by atoms with E-state index in [1.165, 1.54) is 22.7 Å². The van der Waals surface area contributed by atoms with Gasteiger partial charge in [0, 0.05) is 11.3 Å². The molecule has 2 atom stereocenters. The highest BCUT2D eigenvalue weighted by Crippen LogP contribution is 2.41. The van der Waals surface area contributed by atoms with Crippen LogP contribution < -0.4 is 10.1 Å². The summed E-state index contributed by atoms with van der Waals surface area (Å²) in [4.78, 5) is 4.29. The van der Waals surface area contributed by atoms with E-state index in [0.29, 0.717) is 11.3 Å². The third-order valence-electron chi connectivity index (χ3n) is 3.66. The van der Waals surface area contributed by atoms with Crippen molar-refractivity contribution in [2.24, 2.45) is 0 Å². The predicted molar refractivity (Wildman–Crippen MR) is 82.7 cm³/mol. The van der Waals surface area contributed by atoms with E-state index in [0.717, 1.165) is 22.9 Å². The maximum atomic E-state index is 5.32. The fourth-order valence-electron chi connectivity index (χ4n) is 2.71. The number of thioether (sulfide) groups is 1. The van der Waals surface area contributed by atoms with Gasteiger partial charge < -0.3 is 10.1 Å². The quantitative estimate of drug-likeness (QED) is 0.941. The lowest BCUT2D eigenvalue weighted by Crippen LogP contribution is -2.32. The zero-order valence-corrected chi connectivity index (χ0v) is 13.1. The average molecular weight is 307 g/mol. The van der Waals surface area contributed by atoms with Gasteiger partial charge in [-0.15, -0.1) is 0 Å². The van der Waals surface area contributed by atoms with E-state index in [1.54, 1.807) is 13.4 Å². The maximum Gasteiger partial charge on any atom is 0.170 e. The van der Waals surface area contributed by atoms with E-state index in [1.807, 2.05) is 24.9 Å². The summed E-state index contributed by atoms with van der Waals surface area (Å²) in [6, 6.07) is 6.73. The predicted octanol–water partition coefficient (Wildman–Crippen LogP) is 2.91. The summed E-state index contributed by atoms with van der Waals surface area (Å²) < 4.78 is 10.4. The Kier molecular flexibility index (Phi) is 4.24. The highest BCUT2D eigenvalue weighted by Gasteiger charge is 2.30. The molecule has 0 amide bonds. The fourth-order valence-corrected chi connectivity index (χ4v) is 4.68. The first-order valence-corrected chi connectivity index (χ1v) is 8.24. The number of ether oxygens (including phenoxy) is 1. The standard InChI is InChI=1S/C14H17N3OS2/c1-15-13-11-5-4-10(18-2)7-9(11)3-6-12(13)19-14-16-8-17-20-14/h4-5,7-8,12-13,15H,3,6H2,1-2H3. The monoisotopic (exact) mass is 307 g/mol. The second kappa shape index (κ2) is 6.11. The lowest BCUT2D eigenvalue weighted by atomic mass is 9.87. The molecule has 0 saturated carbocycles. The second-order valence-electron chi connectivity index (χ2n) is 4.73. The molecule has 3 rings (SSSR count). The first kappa shape index (κ1) is 13.9. The van der Waals surface area contributed by atoms with Crippen LogP contribution in [0.2, 0.25) is 0 Å². The number of hydrogen-bond donors (Lipinski definition) is 1. The SMILES string of the molecule is CNC1c2ccc(OC)cc2CCC1Sc1ncns1. The van der Waals surface area contributed by atoms with E-state index in [2.05, 4.69) is 26.8 Å². The molecule has 0 saturated heterocycles. The van der Waals surface area contributed by atoms with Crippen molar-refractivity contribution < 1.29 is 4.74 Å². The summed E-state index contributed by atoms with van der Waals surface area (Å²) in [6.07, 6.45) is 3.85. The Morgan fingerprint density at radius 3 is 3.05 bits per heavy atom. The molecular formula is C14H17N3OS2. The second-order valence-corrected chi connectivity index (χ2v) is 7.00. The zero-order valence-electron chi connectivity index (χ0n) is 11.5. The Morgan fingerprint density at radius 1 is 1.45 bits per heavy atom. The lowest BCUT2D eigenvalue weighted by molar-refractivity contribution is 0.412. The Labute approximate surface area is 127 Å². The number of aryl methyl sites for hydroxylation is 1. The lowest BCUT2D eigenvalue weighted by Gasteiger charge is -2.32. The van der Waals surface area contributed by atoms with Crippen molar-refractivity contribution in [3.05, 3.63) is 35.7 Å². The summed E-state index contributed by atoms with van der Waals surface area (Å²) in [6.45, 7) is 0. The van der Waals surface area contributed by atoms with Crippen LogP contribution in [0, 0.1) is 0 Å². The number of hydrogen-bond acceptors (Lipinski definition) is 6. The van der Waals surface area contributed by atoms with E-state index < -0.39 is 0 Å². The molecule has 2 unspecified atom stereocenters. The molecule has 1 aromatic heterocycles. The smallest absolute Gasteiger partial charge is 0.170 e. The first-order valence-electron chi connectivity index (χ1n) is 6.59. The summed E-state index contributed by atoms with van der Waals surface area (Å²) in [5, 5.41) is 3.95. The van der Waals surface area contributed by atoms with Crippen molar-refractivity contribution in [1.82, 2.24) is 14.7 Å². The van der Waals surface area contributed by atoms with Gasteiger partial charge in [0.1, 0.15) is 12.1 Å². The van der Waals surface area contributed by atoms with Crippen molar-refractivity contribution in [3.8, 4) is 5.75 Å². The Hall–Kier alpha value is -1.11. The number of nitrogens with one attached hydrogen (secondary N) is 1. The highest BCUT2D eigenvalue weighted by molar-refractivity contribution is 8.01. The molecule has 1 aliphatic carbocycles. The number of aromatic nitrogens is 2. The average Bonchev–Trinajstić information content (AvgIpc) is 2.99. The van der Waals surface area contributed by atoms with Crippen LogP contribution in [-0.2, 0) is 6.42 Å². The van der Waals surface area contributed by atoms with Crippen LogP contribution in [-0.4, -0.2) is 28.8 Å². The van der Waals surface area contributed by atoms with Gasteiger partial charge in [-0.2, -0.15) is 4.37 Å². The van der Waals surface area contributed by atoms with Gasteiger partial charge >= 0.3 is 0 Å². The van der Waals surface area contributed by atoms with E-state index in [-0.39, 0.29) is 0 Å². The topological polar surface area (TPSA) is 47.0 Å². The molecule has 20 heavy (non-hydrogen) atoms. The van der Waals surface area contributed by atoms with Gasteiger partial charge in [0.2, 0.25) is 0 Å². The molecule has 1 heterocycles. The van der Waals surface area contributed by atoms with Crippen LogP contribution in [0.5, 0.6) is 5.75 Å². The summed E-state index contributed by atoms with van der Waals surface area (Å²) in [7, 11) is 3.74. The molecule has 2 aromatic rings. The van der Waals surface area contributed by atoms with E-state index in [9.17, 15) is 0 Å². The van der Waals surface area contributed by atoms with Crippen molar-refractivity contribution in [1.29, 1.82) is 0 Å². The van der Waals surface area contributed by atoms with Gasteiger partial charge in [-0.05, 0) is 54.7 Å². The Bertz CT molecular complexity index is 574. The normalized spacial score (nSPS) is 21.5. The molecule has 4 nitrogen and oxygen atoms in total. The fraction of sp³-hybridized carbons (Fsp3) is 0.429. The van der Waals surface area contributed by atoms with Gasteiger partial charge in [-0.25, -0.2) is 4.98 Å². The number of rotatable bonds is 4. The Balaban J connectivity index is 1.85. The largest absolute Gasteiger partial charge is 0.497 e. The van der Waals surface area contributed by atoms with Crippen molar-refractivity contribution in [2.45, 2.75) is 28.5 Å². The molecule has 0 bridgehead atoms. The highest BCUT2D eigenvalue weighted by atomic mass is 32.2. The minimum Gasteiger partial charge on any atom is -0.497 e. The van der Waals surface area contributed by atoms with E-state index in [4.69, 9.17) is 4.74 Å². The minimum atomic E-state index is 0.346. The minimum absolute atomic E-state index is 0.346. The number of nitrogens with zero attached hydrogens (tertiary/aromatic N) is 2. The van der Waals surface area contributed by atoms with Gasteiger partial charge in [0.25, 0.3) is 0 Å². The first-order chi connectivity index (χ1) is 9.81. The van der Waals surface area contributed by atoms with Crippen LogP contribution in [0.4, 0.5) is 0 Å². The van der Waals surface area contributed by atoms with Gasteiger partial charge in [0.15, 0.2) is 4.34 Å². The third kappa shape index (κ3) is 2.68. The van der Waals surface area contributed by atoms with Crippen LogP contribution >= 0.6 is 23.3 Å². The zero-order chi connectivity index (χ0) is 13.9. The molecule has 0 aliphatic heterocycles. The van der Waals surface area contributed by atoms with Crippen LogP contribution in [0.3, 0.4) is 0 Å². The van der Waals surface area contributed by atoms with Gasteiger partial charge in [-0.3, -0.25) is 0 Å². The van der Waals surface area contributed by atoms with Crippen LogP contribution in [0.15, 0.2) is 28.9 Å². The van der Waals surface area contributed by atoms with Crippen LogP contribution in [0.25, 0.3) is 0 Å². The number of benzene rings is 1. The summed E-state index contributed by atoms with van der Waals surface area (Å²) in [5.41, 5.74) is 2.76. The molecule has 106 valence electrons. The third-order valence-corrected chi connectivity index (χ3v) is 5.75. The van der Waals surface area contributed by atoms with Crippen molar-refractivity contribution in [3.63, 3.8) is 0 Å². The molecule has 1 N–H and O–H groups in total. The number of fused-ring (bicyclic) bond motifs is 1. The molecular weight excluding hydrogens is 290 g/mol. The molecule has 0 fully saturated rings. The molecule has 1 aromatic carbocycles. The van der Waals surface area contributed by atoms with Gasteiger partial charge in [-0.1, -0.05) is 17.8 Å². The summed E-state index contributed by atoms with van der Waals surface area (Å²) >= 11 is 3.30. The van der Waals surface area contributed by atoms with Crippen molar-refractivity contribution >= 4 is 23.3 Å². The molecule has 1 aliphatic rings. The van der Waals surface area contributed by atoms with Crippen LogP contribution in [0.1, 0.15) is 23.6 Å². The molecule has 0 spiro atoms. The van der Waals surface area contributed by atoms with E-state index >= 15 is 0 Å². The maximum absolute atomic E-state index is 5.32. The Morgan fingerprint density at radius 2 is 2.35 bits per heavy atom. The number of methoxy groups -OCH3 is 1.